The Labute approximate surface area is 143 Å². The van der Waals surface area contributed by atoms with Crippen LogP contribution in [0.1, 0.15) is 23.3 Å². The van der Waals surface area contributed by atoms with E-state index in [1.807, 2.05) is 23.4 Å². The molecular weight excluding hydrogens is 325 g/mol. The highest BCUT2D eigenvalue weighted by Crippen LogP contribution is 2.42. The van der Waals surface area contributed by atoms with Gasteiger partial charge in [-0.05, 0) is 30.0 Å². The van der Waals surface area contributed by atoms with Crippen molar-refractivity contribution in [1.82, 2.24) is 14.9 Å². The van der Waals surface area contributed by atoms with Crippen molar-refractivity contribution in [3.63, 3.8) is 0 Å². The molecule has 2 aromatic rings. The molecule has 2 aliphatic heterocycles. The van der Waals surface area contributed by atoms with Gasteiger partial charge < -0.3 is 4.90 Å². The smallest absolute Gasteiger partial charge is 0.187 e. The maximum absolute atomic E-state index is 13.3. The molecule has 2 aliphatic rings. The van der Waals surface area contributed by atoms with Crippen LogP contribution in [0.2, 0.25) is 0 Å². The van der Waals surface area contributed by atoms with Crippen LogP contribution < -0.4 is 0 Å². The van der Waals surface area contributed by atoms with Gasteiger partial charge in [-0.25, -0.2) is 14.4 Å². The van der Waals surface area contributed by atoms with Gasteiger partial charge in [0.05, 0.1) is 11.9 Å². The maximum atomic E-state index is 13.3. The Kier molecular flexibility index (Phi) is 3.86. The van der Waals surface area contributed by atoms with Gasteiger partial charge in [0.2, 0.25) is 0 Å². The van der Waals surface area contributed by atoms with Crippen molar-refractivity contribution in [2.45, 2.75) is 17.2 Å². The molecular formula is C17H14FN5S. The summed E-state index contributed by atoms with van der Waals surface area (Å²) in [5.41, 5.74) is 1.82. The topological polar surface area (TPSA) is 53.7 Å². The first kappa shape index (κ1) is 15.0. The Morgan fingerprint density at radius 1 is 1.17 bits per heavy atom. The number of amidine groups is 1. The summed E-state index contributed by atoms with van der Waals surface area (Å²) >= 11 is 1.50. The van der Waals surface area contributed by atoms with Gasteiger partial charge in [0.1, 0.15) is 23.7 Å². The predicted molar refractivity (Wildman–Crippen MR) is 92.6 cm³/mol. The largest absolute Gasteiger partial charge is 0.319 e. The van der Waals surface area contributed by atoms with Gasteiger partial charge in [-0.15, -0.1) is 0 Å². The zero-order valence-electron chi connectivity index (χ0n) is 12.9. The van der Waals surface area contributed by atoms with Gasteiger partial charge >= 0.3 is 0 Å². The molecule has 3 heterocycles. The van der Waals surface area contributed by atoms with Crippen LogP contribution in [0.25, 0.3) is 0 Å². The molecule has 0 fully saturated rings. The van der Waals surface area contributed by atoms with Crippen molar-refractivity contribution < 1.29 is 4.39 Å². The fourth-order valence-corrected chi connectivity index (χ4v) is 3.26. The fourth-order valence-electron chi connectivity index (χ4n) is 2.90. The molecule has 2 atom stereocenters. The third kappa shape index (κ3) is 2.60. The summed E-state index contributed by atoms with van der Waals surface area (Å²) in [7, 11) is 0. The highest BCUT2D eigenvalue weighted by Gasteiger charge is 2.38. The quantitative estimate of drug-likeness (QED) is 0.635. The molecule has 0 radical (unpaired) electrons. The van der Waals surface area contributed by atoms with Gasteiger partial charge in [0.25, 0.3) is 0 Å². The Hall–Kier alpha value is -2.54. The summed E-state index contributed by atoms with van der Waals surface area (Å²) < 4.78 is 13.3. The summed E-state index contributed by atoms with van der Waals surface area (Å²) in [5, 5.41) is 0.716. The lowest BCUT2D eigenvalue weighted by Crippen LogP contribution is -2.29. The van der Waals surface area contributed by atoms with Gasteiger partial charge in [0, 0.05) is 18.6 Å². The second-order valence-corrected chi connectivity index (χ2v) is 6.15. The van der Waals surface area contributed by atoms with Crippen LogP contribution in [-0.2, 0) is 0 Å². The van der Waals surface area contributed by atoms with E-state index in [0.29, 0.717) is 5.16 Å². The molecule has 0 bridgehead atoms. The molecule has 0 amide bonds. The molecule has 1 aromatic carbocycles. The van der Waals surface area contributed by atoms with Crippen molar-refractivity contribution in [3.05, 3.63) is 66.0 Å². The predicted octanol–water partition coefficient (Wildman–Crippen LogP) is 3.39. The van der Waals surface area contributed by atoms with Crippen LogP contribution in [0.4, 0.5) is 4.39 Å². The van der Waals surface area contributed by atoms with Crippen LogP contribution >= 0.6 is 11.8 Å². The lowest BCUT2D eigenvalue weighted by molar-refractivity contribution is 0.385. The molecule has 0 aliphatic carbocycles. The van der Waals surface area contributed by atoms with Crippen LogP contribution in [0.5, 0.6) is 0 Å². The Morgan fingerprint density at radius 2 is 2.00 bits per heavy atom. The molecule has 5 nitrogen and oxygen atoms in total. The normalized spacial score (nSPS) is 21.8. The summed E-state index contributed by atoms with van der Waals surface area (Å²) in [4.78, 5) is 19.9. The number of halogens is 1. The minimum absolute atomic E-state index is 0.109. The number of aromatic nitrogens is 2. The zero-order chi connectivity index (χ0) is 16.5. The van der Waals surface area contributed by atoms with Crippen molar-refractivity contribution >= 4 is 23.8 Å². The van der Waals surface area contributed by atoms with Gasteiger partial charge in [-0.1, -0.05) is 23.9 Å². The standard InChI is InChI=1S/C17H14FN5S/c1-24-17-20-7-6-13(21-17)16-15(11-2-4-12(18)5-3-11)22-14-10-19-8-9-23(14)16/h2-10,15-16H,1H3. The van der Waals surface area contributed by atoms with E-state index < -0.39 is 0 Å². The lowest BCUT2D eigenvalue weighted by Gasteiger charge is -2.27. The second-order valence-electron chi connectivity index (χ2n) is 5.38. The summed E-state index contributed by atoms with van der Waals surface area (Å²) in [6.45, 7) is 0. The van der Waals surface area contributed by atoms with E-state index in [9.17, 15) is 4.39 Å². The molecule has 24 heavy (non-hydrogen) atoms. The van der Waals surface area contributed by atoms with Crippen LogP contribution in [-0.4, -0.2) is 33.2 Å². The highest BCUT2D eigenvalue weighted by atomic mass is 32.2. The van der Waals surface area contributed by atoms with E-state index in [2.05, 4.69) is 15.0 Å². The van der Waals surface area contributed by atoms with Crippen LogP contribution in [0.3, 0.4) is 0 Å². The van der Waals surface area contributed by atoms with Gasteiger partial charge in [-0.2, -0.15) is 0 Å². The van der Waals surface area contributed by atoms with E-state index in [0.717, 1.165) is 17.1 Å². The fraction of sp³-hybridized carbons (Fsp3) is 0.176. The van der Waals surface area contributed by atoms with Gasteiger partial charge in [0.15, 0.2) is 5.16 Å². The second kappa shape index (κ2) is 6.16. The number of rotatable bonds is 3. The minimum Gasteiger partial charge on any atom is -0.319 e. The van der Waals surface area contributed by atoms with Crippen LogP contribution in [0, 0.1) is 5.82 Å². The number of benzene rings is 1. The SMILES string of the molecule is CSc1nccc(C2C(c3ccc(F)cc3)N=C3C=NC=CN32)n1. The van der Waals surface area contributed by atoms with E-state index in [1.54, 1.807) is 30.7 Å². The van der Waals surface area contributed by atoms with Crippen molar-refractivity contribution in [1.29, 1.82) is 0 Å². The zero-order valence-corrected chi connectivity index (χ0v) is 13.7. The van der Waals surface area contributed by atoms with E-state index in [4.69, 9.17) is 4.99 Å². The van der Waals surface area contributed by atoms with Crippen LogP contribution in [0.15, 0.2) is 64.1 Å². The molecule has 4 rings (SSSR count). The van der Waals surface area contributed by atoms with Gasteiger partial charge in [-0.3, -0.25) is 9.98 Å². The average Bonchev–Trinajstić information content (AvgIpc) is 3.02. The monoisotopic (exact) mass is 339 g/mol. The number of aliphatic imine (C=N–C) groups is 2. The number of hydrogen-bond donors (Lipinski definition) is 0. The molecule has 0 N–H and O–H groups in total. The highest BCUT2D eigenvalue weighted by molar-refractivity contribution is 7.98. The van der Waals surface area contributed by atoms with Crippen molar-refractivity contribution in [2.24, 2.45) is 9.98 Å². The van der Waals surface area contributed by atoms with Crippen molar-refractivity contribution in [3.8, 4) is 0 Å². The third-order valence-corrected chi connectivity index (χ3v) is 4.55. The number of fused-ring (bicyclic) bond motifs is 1. The first-order valence-corrected chi connectivity index (χ1v) is 8.67. The maximum Gasteiger partial charge on any atom is 0.187 e. The van der Waals surface area contributed by atoms with E-state index in [-0.39, 0.29) is 17.9 Å². The Balaban J connectivity index is 1.80. The molecule has 0 saturated heterocycles. The number of thioether (sulfide) groups is 1. The number of nitrogens with zero attached hydrogens (tertiary/aromatic N) is 5. The van der Waals surface area contributed by atoms with Crippen molar-refractivity contribution in [2.75, 3.05) is 6.26 Å². The summed E-state index contributed by atoms with van der Waals surface area (Å²) in [6.07, 6.45) is 9.06. The Morgan fingerprint density at radius 3 is 2.79 bits per heavy atom. The minimum atomic E-state index is -0.258. The van der Waals surface area contributed by atoms with E-state index >= 15 is 0 Å². The molecule has 7 heteroatoms. The number of hydrogen-bond acceptors (Lipinski definition) is 6. The molecule has 1 aromatic heterocycles. The first-order chi connectivity index (χ1) is 11.8. The molecule has 0 saturated carbocycles. The first-order valence-electron chi connectivity index (χ1n) is 7.44. The summed E-state index contributed by atoms with van der Waals surface area (Å²) in [5.74, 6) is 0.521. The average molecular weight is 339 g/mol. The lowest BCUT2D eigenvalue weighted by atomic mass is 9.97. The summed E-state index contributed by atoms with van der Waals surface area (Å²) in [6, 6.07) is 8.07. The van der Waals surface area contributed by atoms with E-state index in [1.165, 1.54) is 23.9 Å². The molecule has 0 spiro atoms. The molecule has 2 unspecified atom stereocenters. The molecule has 120 valence electrons. The third-order valence-electron chi connectivity index (χ3n) is 3.99. The Bertz CT molecular complexity index is 846.